The third-order valence-corrected chi connectivity index (χ3v) is 2.79. The molecule has 0 unspecified atom stereocenters. The molecule has 2 aromatic rings. The second kappa shape index (κ2) is 5.80. The summed E-state index contributed by atoms with van der Waals surface area (Å²) in [6.45, 7) is 1.60. The molecule has 2 aromatic carbocycles. The Hall–Kier alpha value is -1.94. The molecule has 19 heavy (non-hydrogen) atoms. The van der Waals surface area contributed by atoms with E-state index >= 15 is 0 Å². The van der Waals surface area contributed by atoms with Gasteiger partial charge in [-0.3, -0.25) is 0 Å². The van der Waals surface area contributed by atoms with Crippen LogP contribution in [0.5, 0.6) is 11.5 Å². The van der Waals surface area contributed by atoms with E-state index < -0.39 is 24.0 Å². The van der Waals surface area contributed by atoms with Crippen LogP contribution in [0.1, 0.15) is 18.1 Å². The highest BCUT2D eigenvalue weighted by Gasteiger charge is 2.13. The molecule has 0 aliphatic heterocycles. The van der Waals surface area contributed by atoms with E-state index in [0.29, 0.717) is 5.75 Å². The third kappa shape index (κ3) is 3.09. The van der Waals surface area contributed by atoms with Crippen molar-refractivity contribution in [2.24, 2.45) is 0 Å². The van der Waals surface area contributed by atoms with Crippen LogP contribution in [0.2, 0.25) is 0 Å². The van der Waals surface area contributed by atoms with Crippen molar-refractivity contribution in [2.45, 2.75) is 20.0 Å². The van der Waals surface area contributed by atoms with Crippen molar-refractivity contribution in [2.75, 3.05) is 0 Å². The van der Waals surface area contributed by atoms with Crippen molar-refractivity contribution in [3.05, 3.63) is 59.2 Å². The molecule has 0 fully saturated rings. The predicted octanol–water partition coefficient (Wildman–Crippen LogP) is 3.81. The lowest BCUT2D eigenvalue weighted by molar-refractivity contribution is 0.279. The smallest absolute Gasteiger partial charge is 0.198 e. The highest BCUT2D eigenvalue weighted by atomic mass is 19.1. The first-order chi connectivity index (χ1) is 9.13. The number of rotatable bonds is 4. The number of aliphatic hydroxyl groups excluding tert-OH is 1. The normalized spacial score (nSPS) is 10.5. The number of ether oxygens (including phenoxy) is 1. The largest absolute Gasteiger partial charge is 0.451 e. The van der Waals surface area contributed by atoms with E-state index in [1.807, 2.05) is 19.1 Å². The van der Waals surface area contributed by atoms with E-state index in [2.05, 4.69) is 0 Å². The van der Waals surface area contributed by atoms with Gasteiger partial charge in [-0.1, -0.05) is 19.1 Å². The Morgan fingerprint density at radius 2 is 1.58 bits per heavy atom. The van der Waals surface area contributed by atoms with Crippen LogP contribution in [0, 0.1) is 11.6 Å². The van der Waals surface area contributed by atoms with Gasteiger partial charge in [0.25, 0.3) is 0 Å². The molecular weight excluding hydrogens is 250 g/mol. The van der Waals surface area contributed by atoms with E-state index in [1.165, 1.54) is 0 Å². The molecule has 0 amide bonds. The van der Waals surface area contributed by atoms with Gasteiger partial charge in [0, 0.05) is 0 Å². The van der Waals surface area contributed by atoms with E-state index in [4.69, 9.17) is 9.84 Å². The highest BCUT2D eigenvalue weighted by Crippen LogP contribution is 2.28. The van der Waals surface area contributed by atoms with Gasteiger partial charge in [-0.2, -0.15) is 0 Å². The van der Waals surface area contributed by atoms with Gasteiger partial charge < -0.3 is 9.84 Å². The summed E-state index contributed by atoms with van der Waals surface area (Å²) in [4.78, 5) is 0. The summed E-state index contributed by atoms with van der Waals surface area (Å²) in [6, 6.07) is 9.12. The van der Waals surface area contributed by atoms with Crippen molar-refractivity contribution in [1.29, 1.82) is 0 Å². The minimum Gasteiger partial charge on any atom is -0.451 e. The molecular formula is C15H14F2O2. The van der Waals surface area contributed by atoms with Crippen LogP contribution >= 0.6 is 0 Å². The second-order valence-corrected chi connectivity index (χ2v) is 4.15. The fourth-order valence-electron chi connectivity index (χ4n) is 1.71. The topological polar surface area (TPSA) is 29.5 Å². The van der Waals surface area contributed by atoms with Crippen LogP contribution in [0.25, 0.3) is 0 Å². The predicted molar refractivity (Wildman–Crippen MR) is 68.2 cm³/mol. The summed E-state index contributed by atoms with van der Waals surface area (Å²) in [5.41, 5.74) is 1.28. The Labute approximate surface area is 110 Å². The van der Waals surface area contributed by atoms with Crippen LogP contribution in [0.3, 0.4) is 0 Å². The fraction of sp³-hybridized carbons (Fsp3) is 0.200. The van der Waals surface area contributed by atoms with E-state index in [0.717, 1.165) is 24.1 Å². The molecule has 0 atom stereocenters. The molecule has 0 saturated heterocycles. The van der Waals surface area contributed by atoms with Crippen molar-refractivity contribution < 1.29 is 18.6 Å². The molecule has 0 aromatic heterocycles. The maximum absolute atomic E-state index is 13.7. The number of hydrogen-bond acceptors (Lipinski definition) is 2. The van der Waals surface area contributed by atoms with Crippen LogP contribution in [-0.2, 0) is 13.0 Å². The molecule has 0 aliphatic carbocycles. The first kappa shape index (κ1) is 13.5. The lowest BCUT2D eigenvalue weighted by Crippen LogP contribution is -1.96. The third-order valence-electron chi connectivity index (χ3n) is 2.79. The summed E-state index contributed by atoms with van der Waals surface area (Å²) in [5.74, 6) is -1.75. The van der Waals surface area contributed by atoms with Gasteiger partial charge in [0.2, 0.25) is 0 Å². The van der Waals surface area contributed by atoms with Gasteiger partial charge >= 0.3 is 0 Å². The van der Waals surface area contributed by atoms with Crippen molar-refractivity contribution in [3.63, 3.8) is 0 Å². The molecule has 0 spiro atoms. The second-order valence-electron chi connectivity index (χ2n) is 4.15. The summed E-state index contributed by atoms with van der Waals surface area (Å²) >= 11 is 0. The molecule has 4 heteroatoms. The Balaban J connectivity index is 2.27. The molecule has 0 heterocycles. The Morgan fingerprint density at radius 3 is 2.05 bits per heavy atom. The molecule has 100 valence electrons. The Morgan fingerprint density at radius 1 is 1.00 bits per heavy atom. The molecule has 0 saturated carbocycles. The van der Waals surface area contributed by atoms with Crippen LogP contribution in [0.15, 0.2) is 36.4 Å². The van der Waals surface area contributed by atoms with Crippen LogP contribution in [-0.4, -0.2) is 5.11 Å². The van der Waals surface area contributed by atoms with Gasteiger partial charge in [0.1, 0.15) is 5.75 Å². The number of halogens is 2. The quantitative estimate of drug-likeness (QED) is 0.909. The summed E-state index contributed by atoms with van der Waals surface area (Å²) in [7, 11) is 0. The SMILES string of the molecule is CCc1ccc(Oc2c(F)cc(CO)cc2F)cc1. The van der Waals surface area contributed by atoms with E-state index in [-0.39, 0.29) is 5.56 Å². The van der Waals surface area contributed by atoms with E-state index in [9.17, 15) is 8.78 Å². The standard InChI is InChI=1S/C15H14F2O2/c1-2-10-3-5-12(6-4-10)19-15-13(16)7-11(9-18)8-14(15)17/h3-8,18H,2,9H2,1H3. The summed E-state index contributed by atoms with van der Waals surface area (Å²) < 4.78 is 32.5. The maximum atomic E-state index is 13.7. The van der Waals surface area contributed by atoms with Gasteiger partial charge in [0.15, 0.2) is 17.4 Å². The average molecular weight is 264 g/mol. The Bertz CT molecular complexity index is 542. The van der Waals surface area contributed by atoms with Crippen molar-refractivity contribution in [1.82, 2.24) is 0 Å². The van der Waals surface area contributed by atoms with Crippen molar-refractivity contribution >= 4 is 0 Å². The zero-order valence-corrected chi connectivity index (χ0v) is 10.5. The number of aryl methyl sites for hydroxylation is 1. The molecule has 1 N–H and O–H groups in total. The highest BCUT2D eigenvalue weighted by molar-refractivity contribution is 5.36. The minimum absolute atomic E-state index is 0.170. The first-order valence-electron chi connectivity index (χ1n) is 5.99. The van der Waals surface area contributed by atoms with Gasteiger partial charge in [-0.25, -0.2) is 8.78 Å². The number of aliphatic hydroxyl groups is 1. The number of hydrogen-bond donors (Lipinski definition) is 1. The lowest BCUT2D eigenvalue weighted by Gasteiger charge is -2.09. The summed E-state index contributed by atoms with van der Waals surface area (Å²) in [5, 5.41) is 8.85. The number of benzene rings is 2. The van der Waals surface area contributed by atoms with Crippen LogP contribution in [0.4, 0.5) is 8.78 Å². The van der Waals surface area contributed by atoms with Crippen LogP contribution < -0.4 is 4.74 Å². The summed E-state index contributed by atoms with van der Waals surface area (Å²) in [6.07, 6.45) is 0.883. The molecule has 2 nitrogen and oxygen atoms in total. The molecule has 2 rings (SSSR count). The average Bonchev–Trinajstić information content (AvgIpc) is 2.43. The first-order valence-corrected chi connectivity index (χ1v) is 5.99. The van der Waals surface area contributed by atoms with Crippen molar-refractivity contribution in [3.8, 4) is 11.5 Å². The van der Waals surface area contributed by atoms with Gasteiger partial charge in [-0.05, 0) is 41.8 Å². The zero-order valence-electron chi connectivity index (χ0n) is 10.5. The maximum Gasteiger partial charge on any atom is 0.198 e. The zero-order chi connectivity index (χ0) is 13.8. The Kier molecular flexibility index (Phi) is 4.12. The fourth-order valence-corrected chi connectivity index (χ4v) is 1.71. The monoisotopic (exact) mass is 264 g/mol. The van der Waals surface area contributed by atoms with E-state index in [1.54, 1.807) is 12.1 Å². The lowest BCUT2D eigenvalue weighted by atomic mass is 10.2. The molecule has 0 radical (unpaired) electrons. The van der Waals surface area contributed by atoms with Gasteiger partial charge in [0.05, 0.1) is 6.61 Å². The molecule has 0 bridgehead atoms. The van der Waals surface area contributed by atoms with Gasteiger partial charge in [-0.15, -0.1) is 0 Å². The molecule has 0 aliphatic rings. The minimum atomic E-state index is -0.830.